The van der Waals surface area contributed by atoms with E-state index in [1.54, 1.807) is 30.3 Å². The van der Waals surface area contributed by atoms with Crippen molar-refractivity contribution < 1.29 is 13.2 Å². The van der Waals surface area contributed by atoms with Crippen molar-refractivity contribution in [2.75, 3.05) is 35.5 Å². The van der Waals surface area contributed by atoms with Gasteiger partial charge in [-0.3, -0.25) is 9.10 Å². The summed E-state index contributed by atoms with van der Waals surface area (Å²) in [5.74, 6) is 0.409. The highest BCUT2D eigenvalue weighted by Gasteiger charge is 2.26. The van der Waals surface area contributed by atoms with E-state index in [1.807, 2.05) is 6.07 Å². The molecule has 1 amide bonds. The first kappa shape index (κ1) is 18.7. The molecule has 0 radical (unpaired) electrons. The average Bonchev–Trinajstić information content (AvgIpc) is 3.09. The zero-order valence-corrected chi connectivity index (χ0v) is 15.6. The maximum Gasteiger partial charge on any atom is 0.251 e. The molecule has 0 aliphatic carbocycles. The van der Waals surface area contributed by atoms with Crippen molar-refractivity contribution >= 4 is 27.4 Å². The SMILES string of the molecule is CS(=O)(=O)N1CCc2cc(C(=O)NCCNc3ccc(C#N)cn3)ccc21. The van der Waals surface area contributed by atoms with Crippen molar-refractivity contribution in [2.45, 2.75) is 6.42 Å². The molecule has 0 unspecified atom stereocenters. The predicted octanol–water partition coefficient (Wildman–Crippen LogP) is 1.12. The molecule has 2 aromatic rings. The zero-order valence-electron chi connectivity index (χ0n) is 14.8. The van der Waals surface area contributed by atoms with Gasteiger partial charge in [-0.05, 0) is 42.3 Å². The number of fused-ring (bicyclic) bond motifs is 1. The Bertz CT molecular complexity index is 997. The number of anilines is 2. The Morgan fingerprint density at radius 1 is 1.30 bits per heavy atom. The molecule has 0 spiro atoms. The lowest BCUT2D eigenvalue weighted by Gasteiger charge is -2.16. The standard InChI is InChI=1S/C18H19N5O3S/c1-27(25,26)23-9-6-14-10-15(3-4-16(14)23)18(24)21-8-7-20-17-5-2-13(11-19)12-22-17/h2-5,10,12H,6-9H2,1H3,(H,20,22)(H,21,24). The van der Waals surface area contributed by atoms with Crippen LogP contribution in [0.3, 0.4) is 0 Å². The van der Waals surface area contributed by atoms with Crippen LogP contribution in [0.4, 0.5) is 11.5 Å². The number of hydrogen-bond donors (Lipinski definition) is 2. The van der Waals surface area contributed by atoms with E-state index in [1.165, 1.54) is 16.8 Å². The number of nitriles is 1. The molecular formula is C18H19N5O3S. The van der Waals surface area contributed by atoms with E-state index in [9.17, 15) is 13.2 Å². The molecule has 0 saturated heterocycles. The van der Waals surface area contributed by atoms with Gasteiger partial charge in [0.25, 0.3) is 5.91 Å². The van der Waals surface area contributed by atoms with Gasteiger partial charge in [-0.1, -0.05) is 0 Å². The van der Waals surface area contributed by atoms with Gasteiger partial charge in [0.2, 0.25) is 10.0 Å². The summed E-state index contributed by atoms with van der Waals surface area (Å²) in [4.78, 5) is 16.4. The maximum atomic E-state index is 12.3. The number of amides is 1. The van der Waals surface area contributed by atoms with Crippen LogP contribution < -0.4 is 14.9 Å². The number of nitrogens with zero attached hydrogens (tertiary/aromatic N) is 3. The molecule has 0 atom stereocenters. The molecule has 3 rings (SSSR count). The van der Waals surface area contributed by atoms with E-state index in [0.29, 0.717) is 48.7 Å². The number of hydrogen-bond acceptors (Lipinski definition) is 6. The van der Waals surface area contributed by atoms with Crippen LogP contribution in [0, 0.1) is 11.3 Å². The number of aromatic nitrogens is 1. The first-order valence-electron chi connectivity index (χ1n) is 8.37. The summed E-state index contributed by atoms with van der Waals surface area (Å²) in [5.41, 5.74) is 2.48. The lowest BCUT2D eigenvalue weighted by atomic mass is 10.1. The third-order valence-corrected chi connectivity index (χ3v) is 5.38. The second-order valence-electron chi connectivity index (χ2n) is 6.16. The number of sulfonamides is 1. The monoisotopic (exact) mass is 385 g/mol. The Labute approximate surface area is 157 Å². The van der Waals surface area contributed by atoms with Crippen LogP contribution in [0.25, 0.3) is 0 Å². The van der Waals surface area contributed by atoms with Crippen LogP contribution in [0.5, 0.6) is 0 Å². The quantitative estimate of drug-likeness (QED) is 0.720. The number of benzene rings is 1. The fourth-order valence-electron chi connectivity index (χ4n) is 2.89. The summed E-state index contributed by atoms with van der Waals surface area (Å²) >= 11 is 0. The van der Waals surface area contributed by atoms with Gasteiger partial charge in [-0.25, -0.2) is 13.4 Å². The molecular weight excluding hydrogens is 366 g/mol. The van der Waals surface area contributed by atoms with Crippen molar-refractivity contribution in [3.63, 3.8) is 0 Å². The Morgan fingerprint density at radius 3 is 2.78 bits per heavy atom. The number of rotatable bonds is 6. The summed E-state index contributed by atoms with van der Waals surface area (Å²) in [5, 5.41) is 14.6. The number of carbonyl (C=O) groups is 1. The first-order valence-corrected chi connectivity index (χ1v) is 10.2. The first-order chi connectivity index (χ1) is 12.9. The van der Waals surface area contributed by atoms with Gasteiger partial charge in [0.05, 0.1) is 17.5 Å². The van der Waals surface area contributed by atoms with Crippen molar-refractivity contribution in [1.82, 2.24) is 10.3 Å². The van der Waals surface area contributed by atoms with Crippen LogP contribution >= 0.6 is 0 Å². The van der Waals surface area contributed by atoms with E-state index in [4.69, 9.17) is 5.26 Å². The molecule has 1 aromatic heterocycles. The smallest absolute Gasteiger partial charge is 0.251 e. The molecule has 1 aliphatic heterocycles. The van der Waals surface area contributed by atoms with Gasteiger partial charge in [0.1, 0.15) is 11.9 Å². The van der Waals surface area contributed by atoms with E-state index >= 15 is 0 Å². The molecule has 140 valence electrons. The molecule has 0 saturated carbocycles. The van der Waals surface area contributed by atoms with Gasteiger partial charge in [0, 0.05) is 31.4 Å². The van der Waals surface area contributed by atoms with Crippen LogP contribution in [0.2, 0.25) is 0 Å². The van der Waals surface area contributed by atoms with Gasteiger partial charge in [0.15, 0.2) is 0 Å². The third-order valence-electron chi connectivity index (χ3n) is 4.20. The van der Waals surface area contributed by atoms with Gasteiger partial charge < -0.3 is 10.6 Å². The summed E-state index contributed by atoms with van der Waals surface area (Å²) < 4.78 is 24.9. The Morgan fingerprint density at radius 2 is 2.11 bits per heavy atom. The minimum absolute atomic E-state index is 0.217. The Kier molecular flexibility index (Phi) is 5.28. The van der Waals surface area contributed by atoms with Crippen LogP contribution in [-0.2, 0) is 16.4 Å². The second-order valence-corrected chi connectivity index (χ2v) is 8.06. The van der Waals surface area contributed by atoms with Crippen molar-refractivity contribution in [3.05, 3.63) is 53.2 Å². The number of nitrogens with one attached hydrogen (secondary N) is 2. The fourth-order valence-corrected chi connectivity index (χ4v) is 3.85. The van der Waals surface area contributed by atoms with E-state index in [0.717, 1.165) is 5.56 Å². The summed E-state index contributed by atoms with van der Waals surface area (Å²) in [6.07, 6.45) is 3.25. The highest BCUT2D eigenvalue weighted by molar-refractivity contribution is 7.92. The van der Waals surface area contributed by atoms with Gasteiger partial charge in [-0.15, -0.1) is 0 Å². The lowest BCUT2D eigenvalue weighted by Crippen LogP contribution is -2.29. The minimum atomic E-state index is -3.30. The van der Waals surface area contributed by atoms with E-state index < -0.39 is 10.0 Å². The second kappa shape index (κ2) is 7.63. The fraction of sp³-hybridized carbons (Fsp3) is 0.278. The molecule has 9 heteroatoms. The summed E-state index contributed by atoms with van der Waals surface area (Å²) in [6.45, 7) is 1.28. The number of pyridine rings is 1. The summed E-state index contributed by atoms with van der Waals surface area (Å²) in [7, 11) is -3.30. The maximum absolute atomic E-state index is 12.3. The molecule has 27 heavy (non-hydrogen) atoms. The van der Waals surface area contributed by atoms with Crippen molar-refractivity contribution in [1.29, 1.82) is 5.26 Å². The van der Waals surface area contributed by atoms with Gasteiger partial charge >= 0.3 is 0 Å². The van der Waals surface area contributed by atoms with E-state index in [-0.39, 0.29) is 5.91 Å². The molecule has 2 N–H and O–H groups in total. The highest BCUT2D eigenvalue weighted by Crippen LogP contribution is 2.30. The minimum Gasteiger partial charge on any atom is -0.368 e. The van der Waals surface area contributed by atoms with Crippen molar-refractivity contribution in [2.24, 2.45) is 0 Å². The van der Waals surface area contributed by atoms with Crippen LogP contribution in [-0.4, -0.2) is 45.2 Å². The third kappa shape index (κ3) is 4.35. The average molecular weight is 385 g/mol. The highest BCUT2D eigenvalue weighted by atomic mass is 32.2. The predicted molar refractivity (Wildman–Crippen MR) is 102 cm³/mol. The normalized spacial score (nSPS) is 13.0. The number of carbonyl (C=O) groups excluding carboxylic acids is 1. The zero-order chi connectivity index (χ0) is 19.4. The summed E-state index contributed by atoms with van der Waals surface area (Å²) in [6, 6.07) is 10.4. The van der Waals surface area contributed by atoms with Crippen molar-refractivity contribution in [3.8, 4) is 6.07 Å². The molecule has 1 aliphatic rings. The van der Waals surface area contributed by atoms with E-state index in [2.05, 4.69) is 15.6 Å². The van der Waals surface area contributed by atoms with Crippen LogP contribution in [0.15, 0.2) is 36.5 Å². The Hall–Kier alpha value is -3.12. The molecule has 8 nitrogen and oxygen atoms in total. The van der Waals surface area contributed by atoms with Crippen LogP contribution in [0.1, 0.15) is 21.5 Å². The molecule has 0 bridgehead atoms. The topological polar surface area (TPSA) is 115 Å². The Balaban J connectivity index is 1.54. The lowest BCUT2D eigenvalue weighted by molar-refractivity contribution is 0.0955. The molecule has 2 heterocycles. The molecule has 1 aromatic carbocycles. The largest absolute Gasteiger partial charge is 0.368 e. The molecule has 0 fully saturated rings. The van der Waals surface area contributed by atoms with Gasteiger partial charge in [-0.2, -0.15) is 5.26 Å².